The first-order chi connectivity index (χ1) is 9.89. The second-order valence-corrected chi connectivity index (χ2v) is 6.11. The van der Waals surface area contributed by atoms with Crippen LogP contribution in [-0.2, 0) is 16.1 Å². The molecule has 0 aliphatic heterocycles. The number of hydrogen-bond acceptors (Lipinski definition) is 3. The van der Waals surface area contributed by atoms with Crippen molar-refractivity contribution in [1.29, 1.82) is 0 Å². The van der Waals surface area contributed by atoms with Crippen molar-refractivity contribution in [2.45, 2.75) is 39.3 Å². The number of carboxylic acid groups (broad SMARTS) is 1. The first-order valence-corrected chi connectivity index (χ1v) is 7.08. The highest BCUT2D eigenvalue weighted by Crippen LogP contribution is 2.48. The number of amides is 1. The Bertz CT molecular complexity index is 512. The fourth-order valence-corrected chi connectivity index (χ4v) is 2.73. The Balaban J connectivity index is 1.78. The summed E-state index contributed by atoms with van der Waals surface area (Å²) in [6.45, 7) is 4.19. The molecule has 1 amide bonds. The molecule has 0 aromatic heterocycles. The molecule has 114 valence electrons. The third-order valence-corrected chi connectivity index (χ3v) is 4.40. The number of aliphatic carboxylic acids is 1. The van der Waals surface area contributed by atoms with E-state index in [0.29, 0.717) is 6.42 Å². The van der Waals surface area contributed by atoms with E-state index in [9.17, 15) is 9.59 Å². The molecule has 1 aromatic rings. The predicted molar refractivity (Wildman–Crippen MR) is 77.7 cm³/mol. The summed E-state index contributed by atoms with van der Waals surface area (Å²) < 4.78 is 5.18. The Hall–Kier alpha value is -2.04. The minimum absolute atomic E-state index is 0.0369. The van der Waals surface area contributed by atoms with Crippen molar-refractivity contribution >= 4 is 12.1 Å². The molecule has 21 heavy (non-hydrogen) atoms. The van der Waals surface area contributed by atoms with E-state index in [2.05, 4.69) is 5.32 Å². The van der Waals surface area contributed by atoms with Gasteiger partial charge in [0.1, 0.15) is 6.61 Å². The van der Waals surface area contributed by atoms with E-state index in [1.807, 2.05) is 44.2 Å². The third kappa shape index (κ3) is 3.74. The summed E-state index contributed by atoms with van der Waals surface area (Å²) in [5.74, 6) is -0.701. The van der Waals surface area contributed by atoms with Crippen LogP contribution in [0.3, 0.4) is 0 Å². The van der Waals surface area contributed by atoms with Gasteiger partial charge in [-0.15, -0.1) is 0 Å². The molecule has 0 saturated heterocycles. The second-order valence-electron chi connectivity index (χ2n) is 6.11. The van der Waals surface area contributed by atoms with E-state index in [-0.39, 0.29) is 30.4 Å². The summed E-state index contributed by atoms with van der Waals surface area (Å²) >= 11 is 0. The molecule has 0 bridgehead atoms. The lowest BCUT2D eigenvalue weighted by molar-refractivity contribution is -0.141. The molecule has 0 radical (unpaired) electrons. The smallest absolute Gasteiger partial charge is 0.407 e. The summed E-state index contributed by atoms with van der Waals surface area (Å²) in [4.78, 5) is 22.6. The third-order valence-electron chi connectivity index (χ3n) is 4.40. The second kappa shape index (κ2) is 6.16. The number of carbonyl (C=O) groups excluding carboxylic acids is 1. The fraction of sp³-hybridized carbons (Fsp3) is 0.500. The van der Waals surface area contributed by atoms with E-state index < -0.39 is 12.1 Å². The maximum absolute atomic E-state index is 11.8. The zero-order valence-corrected chi connectivity index (χ0v) is 12.3. The topological polar surface area (TPSA) is 75.6 Å². The van der Waals surface area contributed by atoms with E-state index >= 15 is 0 Å². The molecular weight excluding hydrogens is 270 g/mol. The highest BCUT2D eigenvalue weighted by Gasteiger charge is 2.49. The van der Waals surface area contributed by atoms with Gasteiger partial charge in [-0.1, -0.05) is 44.2 Å². The minimum atomic E-state index is -0.793. The Kier molecular flexibility index (Phi) is 4.50. The van der Waals surface area contributed by atoms with Crippen LogP contribution < -0.4 is 5.32 Å². The monoisotopic (exact) mass is 291 g/mol. The molecule has 2 atom stereocenters. The minimum Gasteiger partial charge on any atom is -0.481 e. The van der Waals surface area contributed by atoms with Crippen molar-refractivity contribution in [3.63, 3.8) is 0 Å². The van der Waals surface area contributed by atoms with Crippen LogP contribution in [0.5, 0.6) is 0 Å². The molecule has 5 nitrogen and oxygen atoms in total. The zero-order valence-electron chi connectivity index (χ0n) is 12.3. The van der Waals surface area contributed by atoms with Gasteiger partial charge in [0, 0.05) is 12.5 Å². The normalized spacial score (nSPS) is 23.0. The van der Waals surface area contributed by atoms with Gasteiger partial charge < -0.3 is 15.2 Å². The SMILES string of the molecule is CC1(C)C(CC(=O)O)CC1NC(=O)OCc1ccccc1. The number of carboxylic acids is 1. The van der Waals surface area contributed by atoms with Crippen LogP contribution in [0.1, 0.15) is 32.3 Å². The fourth-order valence-electron chi connectivity index (χ4n) is 2.73. The van der Waals surface area contributed by atoms with Crippen molar-refractivity contribution in [3.8, 4) is 0 Å². The molecule has 1 fully saturated rings. The van der Waals surface area contributed by atoms with Gasteiger partial charge in [0.15, 0.2) is 0 Å². The first-order valence-electron chi connectivity index (χ1n) is 7.08. The van der Waals surface area contributed by atoms with Gasteiger partial charge in [0.2, 0.25) is 0 Å². The van der Waals surface area contributed by atoms with Crippen LogP contribution in [0, 0.1) is 11.3 Å². The average molecular weight is 291 g/mol. The lowest BCUT2D eigenvalue weighted by Crippen LogP contribution is -2.58. The lowest BCUT2D eigenvalue weighted by Gasteiger charge is -2.51. The molecule has 5 heteroatoms. The highest BCUT2D eigenvalue weighted by atomic mass is 16.5. The van der Waals surface area contributed by atoms with Gasteiger partial charge in [-0.2, -0.15) is 0 Å². The Morgan fingerprint density at radius 3 is 2.57 bits per heavy atom. The van der Waals surface area contributed by atoms with Crippen LogP contribution in [0.15, 0.2) is 30.3 Å². The zero-order chi connectivity index (χ0) is 15.5. The van der Waals surface area contributed by atoms with Gasteiger partial charge in [-0.25, -0.2) is 4.79 Å². The Morgan fingerprint density at radius 1 is 1.33 bits per heavy atom. The summed E-state index contributed by atoms with van der Waals surface area (Å²) in [7, 11) is 0. The largest absolute Gasteiger partial charge is 0.481 e. The van der Waals surface area contributed by atoms with Gasteiger partial charge in [0.25, 0.3) is 0 Å². The van der Waals surface area contributed by atoms with Crippen LogP contribution >= 0.6 is 0 Å². The molecular formula is C16H21NO4. The molecule has 2 N–H and O–H groups in total. The van der Waals surface area contributed by atoms with Crippen LogP contribution in [0.2, 0.25) is 0 Å². The molecule has 2 unspecified atom stereocenters. The summed E-state index contributed by atoms with van der Waals surface area (Å²) in [5, 5.41) is 11.7. The van der Waals surface area contributed by atoms with E-state index in [1.165, 1.54) is 0 Å². The molecule has 1 aliphatic carbocycles. The number of benzene rings is 1. The van der Waals surface area contributed by atoms with Crippen molar-refractivity contribution in [2.24, 2.45) is 11.3 Å². The van der Waals surface area contributed by atoms with Gasteiger partial charge >= 0.3 is 12.1 Å². The maximum atomic E-state index is 11.8. The summed E-state index contributed by atoms with van der Waals surface area (Å²) in [5.41, 5.74) is 0.716. The average Bonchev–Trinajstić information content (AvgIpc) is 2.45. The quantitative estimate of drug-likeness (QED) is 0.874. The molecule has 0 heterocycles. The number of hydrogen-bond donors (Lipinski definition) is 2. The van der Waals surface area contributed by atoms with Crippen LogP contribution in [-0.4, -0.2) is 23.2 Å². The van der Waals surface area contributed by atoms with Crippen molar-refractivity contribution in [1.82, 2.24) is 5.32 Å². The number of carbonyl (C=O) groups is 2. The maximum Gasteiger partial charge on any atom is 0.407 e. The Labute approximate surface area is 124 Å². The Morgan fingerprint density at radius 2 is 2.00 bits per heavy atom. The molecule has 1 aromatic carbocycles. The summed E-state index contributed by atoms with van der Waals surface area (Å²) in [6, 6.07) is 9.44. The van der Waals surface area contributed by atoms with E-state index in [0.717, 1.165) is 5.56 Å². The number of nitrogens with one attached hydrogen (secondary N) is 1. The highest BCUT2D eigenvalue weighted by molar-refractivity contribution is 5.69. The molecule has 1 aliphatic rings. The van der Waals surface area contributed by atoms with Crippen LogP contribution in [0.25, 0.3) is 0 Å². The van der Waals surface area contributed by atoms with Crippen molar-refractivity contribution in [3.05, 3.63) is 35.9 Å². The van der Waals surface area contributed by atoms with Crippen molar-refractivity contribution in [2.75, 3.05) is 0 Å². The van der Waals surface area contributed by atoms with Gasteiger partial charge in [-0.05, 0) is 23.3 Å². The van der Waals surface area contributed by atoms with Gasteiger partial charge in [-0.3, -0.25) is 4.79 Å². The van der Waals surface area contributed by atoms with E-state index in [1.54, 1.807) is 0 Å². The molecule has 1 saturated carbocycles. The standard InChI is InChI=1S/C16H21NO4/c1-16(2)12(9-14(18)19)8-13(16)17-15(20)21-10-11-6-4-3-5-7-11/h3-7,12-13H,8-10H2,1-2H3,(H,17,20)(H,18,19). The van der Waals surface area contributed by atoms with E-state index in [4.69, 9.17) is 9.84 Å². The molecule has 2 rings (SSSR count). The van der Waals surface area contributed by atoms with Crippen molar-refractivity contribution < 1.29 is 19.4 Å². The first kappa shape index (κ1) is 15.4. The predicted octanol–water partition coefficient (Wildman–Crippen LogP) is 2.80. The number of ether oxygens (including phenoxy) is 1. The summed E-state index contributed by atoms with van der Waals surface area (Å²) in [6.07, 6.45) is 0.370. The van der Waals surface area contributed by atoms with Gasteiger partial charge in [0.05, 0.1) is 0 Å². The number of rotatable bonds is 5. The van der Waals surface area contributed by atoms with Crippen LogP contribution in [0.4, 0.5) is 4.79 Å². The molecule has 0 spiro atoms. The number of alkyl carbamates (subject to hydrolysis) is 1. The lowest BCUT2D eigenvalue weighted by atomic mass is 9.57.